The molecule has 3 atom stereocenters. The second kappa shape index (κ2) is 38.2. The maximum Gasteiger partial charge on any atom is 0.106 e. The van der Waals surface area contributed by atoms with Crippen LogP contribution in [0.4, 0.5) is 0 Å². The van der Waals surface area contributed by atoms with E-state index in [0.717, 1.165) is 26.1 Å². The van der Waals surface area contributed by atoms with Gasteiger partial charge in [0.1, 0.15) is 12.2 Å². The van der Waals surface area contributed by atoms with Crippen molar-refractivity contribution in [1.29, 1.82) is 0 Å². The largest absolute Gasteiger partial charge is 0.394 e. The second-order valence-corrected chi connectivity index (χ2v) is 13.8. The number of aliphatic hydroxyl groups excluding tert-OH is 1. The average molecular weight is 643 g/mol. The third-order valence-electron chi connectivity index (χ3n) is 9.36. The van der Waals surface area contributed by atoms with Gasteiger partial charge >= 0.3 is 0 Å². The van der Waals surface area contributed by atoms with Crippen molar-refractivity contribution in [3.8, 4) is 0 Å². The summed E-state index contributed by atoms with van der Waals surface area (Å²) in [6, 6.07) is 0. The summed E-state index contributed by atoms with van der Waals surface area (Å²) in [5, 5.41) is 9.86. The van der Waals surface area contributed by atoms with Crippen LogP contribution in [-0.2, 0) is 18.9 Å². The standard InChI is InChI=1S/C40H82O5/c1-5-7-9-11-13-15-17-19-21-23-25-27-29-31-33-43-36-39(42-4)37-45-40(35-41)38(3)44-34-32-30-28-26-24-22-20-18-16-14-12-10-8-6-2/h38-41H,5-37H2,1-4H3/t38?,39-,40?/m1/s1. The molecule has 0 rings (SSSR count). The summed E-state index contributed by atoms with van der Waals surface area (Å²) in [4.78, 5) is 0. The fourth-order valence-electron chi connectivity index (χ4n) is 6.04. The highest BCUT2D eigenvalue weighted by Crippen LogP contribution is 2.15. The van der Waals surface area contributed by atoms with Crippen LogP contribution in [0.15, 0.2) is 0 Å². The Morgan fingerprint density at radius 1 is 0.444 bits per heavy atom. The molecule has 0 amide bonds. The summed E-state index contributed by atoms with van der Waals surface area (Å²) in [6.45, 7) is 8.97. The van der Waals surface area contributed by atoms with Crippen LogP contribution in [-0.4, -0.2) is 63.6 Å². The van der Waals surface area contributed by atoms with Gasteiger partial charge in [0.05, 0.1) is 25.9 Å². The van der Waals surface area contributed by atoms with E-state index in [4.69, 9.17) is 18.9 Å². The second-order valence-electron chi connectivity index (χ2n) is 13.8. The van der Waals surface area contributed by atoms with E-state index in [-0.39, 0.29) is 24.9 Å². The smallest absolute Gasteiger partial charge is 0.106 e. The van der Waals surface area contributed by atoms with Gasteiger partial charge in [-0.2, -0.15) is 0 Å². The van der Waals surface area contributed by atoms with Gasteiger partial charge in [0, 0.05) is 20.3 Å². The van der Waals surface area contributed by atoms with Gasteiger partial charge < -0.3 is 24.1 Å². The van der Waals surface area contributed by atoms with Crippen molar-refractivity contribution in [2.24, 2.45) is 0 Å². The minimum absolute atomic E-state index is 0.0454. The molecule has 0 spiro atoms. The van der Waals surface area contributed by atoms with Gasteiger partial charge in [-0.3, -0.25) is 0 Å². The van der Waals surface area contributed by atoms with Crippen molar-refractivity contribution < 1.29 is 24.1 Å². The number of methoxy groups -OCH3 is 1. The zero-order valence-corrected chi connectivity index (χ0v) is 31.1. The molecule has 0 aromatic heterocycles. The SMILES string of the molecule is CCCCCCCCCCCCCCCCOC[C@H](COC(CO)C(C)OCCCCCCCCCCCCCCCC)OC. The summed E-state index contributed by atoms with van der Waals surface area (Å²) < 4.78 is 23.4. The Bertz CT molecular complexity index is 531. The lowest BCUT2D eigenvalue weighted by Crippen LogP contribution is -2.36. The van der Waals surface area contributed by atoms with E-state index in [1.54, 1.807) is 7.11 Å². The summed E-state index contributed by atoms with van der Waals surface area (Å²) >= 11 is 0. The first-order chi connectivity index (χ1) is 22.2. The first kappa shape index (κ1) is 44.8. The maximum absolute atomic E-state index is 9.86. The van der Waals surface area contributed by atoms with Gasteiger partial charge in [0.15, 0.2) is 0 Å². The predicted octanol–water partition coefficient (Wildman–Crippen LogP) is 11.8. The van der Waals surface area contributed by atoms with Crippen LogP contribution < -0.4 is 0 Å². The molecule has 0 saturated carbocycles. The van der Waals surface area contributed by atoms with Crippen molar-refractivity contribution >= 4 is 0 Å². The lowest BCUT2D eigenvalue weighted by Gasteiger charge is -2.25. The van der Waals surface area contributed by atoms with E-state index in [0.29, 0.717) is 13.2 Å². The molecule has 0 aliphatic heterocycles. The number of rotatable bonds is 39. The van der Waals surface area contributed by atoms with E-state index >= 15 is 0 Å². The highest BCUT2D eigenvalue weighted by Gasteiger charge is 2.20. The third kappa shape index (κ3) is 33.5. The zero-order valence-electron chi connectivity index (χ0n) is 31.1. The topological polar surface area (TPSA) is 57.2 Å². The minimum atomic E-state index is -0.333. The Balaban J connectivity index is 3.59. The Morgan fingerprint density at radius 2 is 0.800 bits per heavy atom. The van der Waals surface area contributed by atoms with Crippen molar-refractivity contribution in [1.82, 2.24) is 0 Å². The summed E-state index contributed by atoms with van der Waals surface area (Å²) in [5.41, 5.74) is 0. The molecule has 0 radical (unpaired) electrons. The van der Waals surface area contributed by atoms with E-state index in [1.165, 1.54) is 167 Å². The first-order valence-electron chi connectivity index (χ1n) is 20.1. The molecule has 0 saturated heterocycles. The molecule has 5 heteroatoms. The van der Waals surface area contributed by atoms with E-state index < -0.39 is 0 Å². The Kier molecular flexibility index (Phi) is 38.1. The molecule has 0 fully saturated rings. The quantitative estimate of drug-likeness (QED) is 0.0676. The van der Waals surface area contributed by atoms with Gasteiger partial charge in [-0.05, 0) is 19.8 Å². The van der Waals surface area contributed by atoms with Crippen molar-refractivity contribution in [3.05, 3.63) is 0 Å². The van der Waals surface area contributed by atoms with Crippen LogP contribution in [0.1, 0.15) is 201 Å². The molecule has 0 bridgehead atoms. The highest BCUT2D eigenvalue weighted by molar-refractivity contribution is 4.67. The van der Waals surface area contributed by atoms with E-state index in [9.17, 15) is 5.11 Å². The van der Waals surface area contributed by atoms with Gasteiger partial charge in [-0.1, -0.05) is 181 Å². The molecule has 0 aliphatic carbocycles. The van der Waals surface area contributed by atoms with Crippen LogP contribution in [0, 0.1) is 0 Å². The molecule has 1 N–H and O–H groups in total. The zero-order chi connectivity index (χ0) is 32.9. The average Bonchev–Trinajstić information content (AvgIpc) is 3.05. The van der Waals surface area contributed by atoms with Crippen molar-refractivity contribution in [3.63, 3.8) is 0 Å². The normalized spacial score (nSPS) is 13.8. The van der Waals surface area contributed by atoms with Gasteiger partial charge in [0.25, 0.3) is 0 Å². The minimum Gasteiger partial charge on any atom is -0.394 e. The lowest BCUT2D eigenvalue weighted by atomic mass is 10.0. The number of hydrogen-bond donors (Lipinski definition) is 1. The molecular weight excluding hydrogens is 560 g/mol. The Morgan fingerprint density at radius 3 is 1.16 bits per heavy atom. The molecule has 5 nitrogen and oxygen atoms in total. The number of hydrogen-bond acceptors (Lipinski definition) is 5. The summed E-state index contributed by atoms with van der Waals surface area (Å²) in [7, 11) is 1.70. The van der Waals surface area contributed by atoms with Crippen LogP contribution in [0.2, 0.25) is 0 Å². The molecule has 45 heavy (non-hydrogen) atoms. The van der Waals surface area contributed by atoms with E-state index in [2.05, 4.69) is 13.8 Å². The Labute approximate surface area is 282 Å². The first-order valence-corrected chi connectivity index (χ1v) is 20.1. The van der Waals surface area contributed by atoms with Crippen LogP contribution >= 0.6 is 0 Å². The summed E-state index contributed by atoms with van der Waals surface area (Å²) in [5.74, 6) is 0. The predicted molar refractivity (Wildman–Crippen MR) is 194 cm³/mol. The van der Waals surface area contributed by atoms with Crippen molar-refractivity contribution in [2.45, 2.75) is 219 Å². The molecule has 0 aromatic rings. The maximum atomic E-state index is 9.86. The number of unbranched alkanes of at least 4 members (excludes halogenated alkanes) is 26. The molecule has 272 valence electrons. The van der Waals surface area contributed by atoms with E-state index in [1.807, 2.05) is 6.92 Å². The van der Waals surface area contributed by atoms with Gasteiger partial charge in [0.2, 0.25) is 0 Å². The Hall–Kier alpha value is -0.200. The van der Waals surface area contributed by atoms with Crippen LogP contribution in [0.5, 0.6) is 0 Å². The molecular formula is C40H82O5. The van der Waals surface area contributed by atoms with Crippen LogP contribution in [0.25, 0.3) is 0 Å². The summed E-state index contributed by atoms with van der Waals surface area (Å²) in [6.07, 6.45) is 37.5. The fourth-order valence-corrected chi connectivity index (χ4v) is 6.04. The number of ether oxygens (including phenoxy) is 4. The number of aliphatic hydroxyl groups is 1. The third-order valence-corrected chi connectivity index (χ3v) is 9.36. The molecule has 0 heterocycles. The molecule has 0 aromatic carbocycles. The molecule has 0 aliphatic rings. The van der Waals surface area contributed by atoms with Gasteiger partial charge in [-0.25, -0.2) is 0 Å². The molecule has 2 unspecified atom stereocenters. The lowest BCUT2D eigenvalue weighted by molar-refractivity contribution is -0.117. The van der Waals surface area contributed by atoms with Crippen LogP contribution in [0.3, 0.4) is 0 Å². The van der Waals surface area contributed by atoms with Gasteiger partial charge in [-0.15, -0.1) is 0 Å². The van der Waals surface area contributed by atoms with Crippen molar-refractivity contribution in [2.75, 3.05) is 40.1 Å². The monoisotopic (exact) mass is 643 g/mol. The highest BCUT2D eigenvalue weighted by atomic mass is 16.6. The fraction of sp³-hybridized carbons (Fsp3) is 1.00.